The van der Waals surface area contributed by atoms with Gasteiger partial charge in [-0.05, 0) is 67.4 Å². The number of sulfonamides is 1. The van der Waals surface area contributed by atoms with Crippen molar-refractivity contribution in [2.45, 2.75) is 50.0 Å². The van der Waals surface area contributed by atoms with E-state index in [0.717, 1.165) is 43.4 Å². The predicted molar refractivity (Wildman–Crippen MR) is 158 cm³/mol. The summed E-state index contributed by atoms with van der Waals surface area (Å²) in [7, 11) is -3.77. The molecule has 3 aromatic rings. The maximum absolute atomic E-state index is 13.0. The summed E-state index contributed by atoms with van der Waals surface area (Å²) in [5.74, 6) is 0. The zero-order valence-corrected chi connectivity index (χ0v) is 23.8. The molecule has 1 saturated heterocycles. The maximum atomic E-state index is 13.0. The molecule has 0 bridgehead atoms. The van der Waals surface area contributed by atoms with Crippen molar-refractivity contribution >= 4 is 27.4 Å². The highest BCUT2D eigenvalue weighted by Crippen LogP contribution is 2.24. The van der Waals surface area contributed by atoms with E-state index in [1.807, 2.05) is 23.1 Å². The molecule has 214 valence electrons. The number of hydrogen-bond acceptors (Lipinski definition) is 6. The van der Waals surface area contributed by atoms with E-state index in [4.69, 9.17) is 0 Å². The Hall–Kier alpha value is -3.47. The molecule has 0 spiro atoms. The number of anilines is 2. The minimum Gasteiger partial charge on any atom is -0.387 e. The van der Waals surface area contributed by atoms with Crippen LogP contribution in [0.15, 0.2) is 78.0 Å². The predicted octanol–water partition coefficient (Wildman–Crippen LogP) is 4.57. The standard InChI is InChI=1S/C30H39N5O4S/c1-2-3-4-5-19-34-20-21-35(30(34)37)27-12-14-28(15-13-27)40(38,39)33-26-10-8-24(9-11-26)16-18-32-23-29(36)25-7-6-17-31-22-25/h6-15,17,22,29,32-33,36H,2-5,16,18-21,23H2,1H3. The van der Waals surface area contributed by atoms with E-state index < -0.39 is 16.1 Å². The molecule has 4 rings (SSSR count). The first-order chi connectivity index (χ1) is 19.4. The van der Waals surface area contributed by atoms with Gasteiger partial charge in [0.1, 0.15) is 0 Å². The number of carbonyl (C=O) groups excluding carboxylic acids is 1. The number of urea groups is 1. The molecule has 0 radical (unpaired) electrons. The van der Waals surface area contributed by atoms with Crippen molar-refractivity contribution < 1.29 is 18.3 Å². The van der Waals surface area contributed by atoms with Crippen molar-refractivity contribution in [3.63, 3.8) is 0 Å². The van der Waals surface area contributed by atoms with Crippen LogP contribution >= 0.6 is 0 Å². The molecular formula is C30H39N5O4S. The van der Waals surface area contributed by atoms with Gasteiger partial charge < -0.3 is 15.3 Å². The van der Waals surface area contributed by atoms with Gasteiger partial charge in [0.05, 0.1) is 11.0 Å². The van der Waals surface area contributed by atoms with Crippen molar-refractivity contribution in [2.24, 2.45) is 0 Å². The summed E-state index contributed by atoms with van der Waals surface area (Å²) in [5, 5.41) is 13.4. The first kappa shape index (κ1) is 29.5. The summed E-state index contributed by atoms with van der Waals surface area (Å²) in [6.07, 6.45) is 7.91. The summed E-state index contributed by atoms with van der Waals surface area (Å²) in [4.78, 5) is 20.5. The zero-order chi connectivity index (χ0) is 28.4. The first-order valence-electron chi connectivity index (χ1n) is 13.9. The van der Waals surface area contributed by atoms with Crippen LogP contribution in [-0.2, 0) is 16.4 Å². The molecule has 0 saturated carbocycles. The van der Waals surface area contributed by atoms with E-state index in [2.05, 4.69) is 21.9 Å². The molecule has 9 nitrogen and oxygen atoms in total. The Morgan fingerprint density at radius 1 is 1.00 bits per heavy atom. The molecule has 1 atom stereocenters. The van der Waals surface area contributed by atoms with Crippen LogP contribution in [0, 0.1) is 0 Å². The molecule has 2 amide bonds. The van der Waals surface area contributed by atoms with Crippen molar-refractivity contribution in [2.75, 3.05) is 42.3 Å². The second-order valence-electron chi connectivity index (χ2n) is 10.0. The number of nitrogens with zero attached hydrogens (tertiary/aromatic N) is 3. The van der Waals surface area contributed by atoms with Gasteiger partial charge in [-0.3, -0.25) is 14.6 Å². The van der Waals surface area contributed by atoms with Crippen LogP contribution in [0.5, 0.6) is 0 Å². The number of pyridine rings is 1. The van der Waals surface area contributed by atoms with Crippen LogP contribution in [0.4, 0.5) is 16.2 Å². The SMILES string of the molecule is CCCCCCN1CCN(c2ccc(S(=O)(=O)Nc3ccc(CCNCC(O)c4cccnc4)cc3)cc2)C1=O. The Morgan fingerprint density at radius 2 is 1.77 bits per heavy atom. The first-order valence-corrected chi connectivity index (χ1v) is 15.4. The van der Waals surface area contributed by atoms with Crippen LogP contribution in [-0.4, -0.2) is 62.2 Å². The number of amides is 2. The van der Waals surface area contributed by atoms with Crippen LogP contribution in [0.1, 0.15) is 49.8 Å². The average molecular weight is 566 g/mol. The third-order valence-electron chi connectivity index (χ3n) is 7.04. The molecule has 10 heteroatoms. The van der Waals surface area contributed by atoms with Gasteiger partial charge >= 0.3 is 6.03 Å². The lowest BCUT2D eigenvalue weighted by Gasteiger charge is -2.19. The van der Waals surface area contributed by atoms with E-state index >= 15 is 0 Å². The fraction of sp³-hybridized carbons (Fsp3) is 0.400. The molecule has 40 heavy (non-hydrogen) atoms. The summed E-state index contributed by atoms with van der Waals surface area (Å²) in [5.41, 5.74) is 2.99. The lowest BCUT2D eigenvalue weighted by molar-refractivity contribution is 0.174. The zero-order valence-electron chi connectivity index (χ0n) is 23.0. The topological polar surface area (TPSA) is 115 Å². The highest BCUT2D eigenvalue weighted by molar-refractivity contribution is 7.92. The van der Waals surface area contributed by atoms with E-state index in [9.17, 15) is 18.3 Å². The summed E-state index contributed by atoms with van der Waals surface area (Å²) in [6.45, 7) is 5.31. The summed E-state index contributed by atoms with van der Waals surface area (Å²) >= 11 is 0. The maximum Gasteiger partial charge on any atom is 0.324 e. The van der Waals surface area contributed by atoms with Gasteiger partial charge in [0, 0.05) is 55.5 Å². The Labute approximate surface area is 237 Å². The van der Waals surface area contributed by atoms with E-state index in [1.165, 1.54) is 18.6 Å². The minimum atomic E-state index is -3.77. The fourth-order valence-electron chi connectivity index (χ4n) is 4.68. The molecule has 2 aromatic carbocycles. The number of carbonyl (C=O) groups is 1. The normalized spacial score (nSPS) is 14.5. The minimum absolute atomic E-state index is 0.0230. The van der Waals surface area contributed by atoms with Gasteiger partial charge in [-0.2, -0.15) is 0 Å². The summed E-state index contributed by atoms with van der Waals surface area (Å²) in [6, 6.07) is 17.3. The highest BCUT2D eigenvalue weighted by atomic mass is 32.2. The van der Waals surface area contributed by atoms with Crippen LogP contribution in [0.25, 0.3) is 0 Å². The number of nitrogens with one attached hydrogen (secondary N) is 2. The Bertz CT molecular complexity index is 1320. The van der Waals surface area contributed by atoms with Gasteiger partial charge in [0.15, 0.2) is 0 Å². The van der Waals surface area contributed by atoms with Crippen molar-refractivity contribution in [1.82, 2.24) is 15.2 Å². The molecule has 1 aliphatic rings. The number of rotatable bonds is 15. The Morgan fingerprint density at radius 3 is 2.48 bits per heavy atom. The molecule has 0 aliphatic carbocycles. The van der Waals surface area contributed by atoms with Gasteiger partial charge in [-0.25, -0.2) is 13.2 Å². The third-order valence-corrected chi connectivity index (χ3v) is 8.44. The molecule has 1 aliphatic heterocycles. The number of aliphatic hydroxyl groups excluding tert-OH is 1. The molecule has 1 unspecified atom stereocenters. The second kappa shape index (κ2) is 14.2. The van der Waals surface area contributed by atoms with Gasteiger partial charge in [-0.15, -0.1) is 0 Å². The van der Waals surface area contributed by atoms with Crippen LogP contribution < -0.4 is 14.9 Å². The number of benzene rings is 2. The van der Waals surface area contributed by atoms with E-state index in [1.54, 1.807) is 47.6 Å². The average Bonchev–Trinajstić information content (AvgIpc) is 3.34. The molecule has 3 N–H and O–H groups in total. The quantitative estimate of drug-likeness (QED) is 0.233. The van der Waals surface area contributed by atoms with Crippen molar-refractivity contribution in [3.8, 4) is 0 Å². The Kier molecular flexibility index (Phi) is 10.5. The van der Waals surface area contributed by atoms with Gasteiger partial charge in [-0.1, -0.05) is 44.4 Å². The van der Waals surface area contributed by atoms with Crippen molar-refractivity contribution in [1.29, 1.82) is 0 Å². The number of hydrogen-bond donors (Lipinski definition) is 3. The lowest BCUT2D eigenvalue weighted by atomic mass is 10.1. The Balaban J connectivity index is 1.25. The molecule has 1 fully saturated rings. The van der Waals surface area contributed by atoms with Gasteiger partial charge in [0.25, 0.3) is 10.0 Å². The largest absolute Gasteiger partial charge is 0.387 e. The van der Waals surface area contributed by atoms with E-state index in [0.29, 0.717) is 37.6 Å². The third kappa shape index (κ3) is 8.03. The number of aromatic nitrogens is 1. The highest BCUT2D eigenvalue weighted by Gasteiger charge is 2.29. The molecule has 1 aromatic heterocycles. The summed E-state index contributed by atoms with van der Waals surface area (Å²) < 4.78 is 28.6. The van der Waals surface area contributed by atoms with Crippen molar-refractivity contribution in [3.05, 3.63) is 84.2 Å². The number of unbranched alkanes of at least 4 members (excludes halogenated alkanes) is 3. The molecular weight excluding hydrogens is 526 g/mol. The number of aliphatic hydroxyl groups is 1. The second-order valence-corrected chi connectivity index (χ2v) is 11.7. The van der Waals surface area contributed by atoms with Crippen LogP contribution in [0.2, 0.25) is 0 Å². The lowest BCUT2D eigenvalue weighted by Crippen LogP contribution is -2.32. The van der Waals surface area contributed by atoms with E-state index in [-0.39, 0.29) is 10.9 Å². The smallest absolute Gasteiger partial charge is 0.324 e. The monoisotopic (exact) mass is 565 g/mol. The fourth-order valence-corrected chi connectivity index (χ4v) is 5.74. The van der Waals surface area contributed by atoms with Gasteiger partial charge in [0.2, 0.25) is 0 Å². The molecule has 2 heterocycles. The van der Waals surface area contributed by atoms with Crippen LogP contribution in [0.3, 0.4) is 0 Å².